The van der Waals surface area contributed by atoms with Crippen LogP contribution in [0.3, 0.4) is 0 Å². The maximum Gasteiger partial charge on any atom is 0.175 e. The van der Waals surface area contributed by atoms with Gasteiger partial charge >= 0.3 is 0 Å². The predicted molar refractivity (Wildman–Crippen MR) is 77.3 cm³/mol. The normalized spacial score (nSPS) is 17.0. The molecule has 2 aromatic rings. The lowest BCUT2D eigenvalue weighted by atomic mass is 10.2. The molecular formula is C14H19N5O2. The van der Waals surface area contributed by atoms with Crippen molar-refractivity contribution in [2.45, 2.75) is 26.1 Å². The van der Waals surface area contributed by atoms with E-state index in [1.165, 1.54) is 0 Å². The number of anilines is 1. The van der Waals surface area contributed by atoms with Crippen LogP contribution >= 0.6 is 0 Å². The average Bonchev–Trinajstić information content (AvgIpc) is 3.09. The van der Waals surface area contributed by atoms with Crippen molar-refractivity contribution in [3.8, 4) is 5.82 Å². The van der Waals surface area contributed by atoms with Gasteiger partial charge in [-0.1, -0.05) is 0 Å². The third-order valence-electron chi connectivity index (χ3n) is 3.39. The molecule has 1 fully saturated rings. The van der Waals surface area contributed by atoms with Gasteiger partial charge in [0.15, 0.2) is 11.6 Å². The van der Waals surface area contributed by atoms with E-state index in [9.17, 15) is 0 Å². The van der Waals surface area contributed by atoms with Crippen molar-refractivity contribution >= 4 is 5.82 Å². The van der Waals surface area contributed by atoms with Crippen LogP contribution in [0.2, 0.25) is 0 Å². The molecule has 1 saturated heterocycles. The summed E-state index contributed by atoms with van der Waals surface area (Å²) in [5, 5.41) is 15.8. The van der Waals surface area contributed by atoms with Crippen LogP contribution in [-0.2, 0) is 9.47 Å². The van der Waals surface area contributed by atoms with E-state index in [0.29, 0.717) is 25.6 Å². The molecule has 0 aliphatic carbocycles. The highest BCUT2D eigenvalue weighted by Gasteiger charge is 2.30. The van der Waals surface area contributed by atoms with E-state index in [2.05, 4.69) is 20.6 Å². The summed E-state index contributed by atoms with van der Waals surface area (Å²) in [6.45, 7) is 5.93. The summed E-state index contributed by atoms with van der Waals surface area (Å²) >= 11 is 0. The Morgan fingerprint density at radius 2 is 2.05 bits per heavy atom. The van der Waals surface area contributed by atoms with Gasteiger partial charge in [0.05, 0.1) is 18.9 Å². The summed E-state index contributed by atoms with van der Waals surface area (Å²) in [5.41, 5.74) is 0.948. The molecule has 2 aromatic heterocycles. The Morgan fingerprint density at radius 3 is 2.67 bits per heavy atom. The Morgan fingerprint density at radius 1 is 1.24 bits per heavy atom. The SMILES string of the molecule is Cc1ccn(-c2ccc(NCCC3(C)OCCO3)nn2)n1. The molecule has 0 bridgehead atoms. The van der Waals surface area contributed by atoms with Crippen molar-refractivity contribution in [1.82, 2.24) is 20.0 Å². The highest BCUT2D eigenvalue weighted by Crippen LogP contribution is 2.22. The largest absolute Gasteiger partial charge is 0.368 e. The maximum absolute atomic E-state index is 5.55. The second-order valence-electron chi connectivity index (χ2n) is 5.19. The molecule has 112 valence electrons. The molecule has 7 heteroatoms. The van der Waals surface area contributed by atoms with Gasteiger partial charge in [0.25, 0.3) is 0 Å². The van der Waals surface area contributed by atoms with E-state index in [-0.39, 0.29) is 0 Å². The Hall–Kier alpha value is -1.99. The number of rotatable bonds is 5. The van der Waals surface area contributed by atoms with Gasteiger partial charge in [0.2, 0.25) is 0 Å². The lowest BCUT2D eigenvalue weighted by molar-refractivity contribution is -0.144. The minimum Gasteiger partial charge on any atom is -0.368 e. The summed E-state index contributed by atoms with van der Waals surface area (Å²) in [6.07, 6.45) is 2.62. The Labute approximate surface area is 123 Å². The van der Waals surface area contributed by atoms with Gasteiger partial charge in [0, 0.05) is 19.2 Å². The number of ether oxygens (including phenoxy) is 2. The Balaban J connectivity index is 1.55. The zero-order chi connectivity index (χ0) is 14.7. The first-order chi connectivity index (χ1) is 10.1. The fourth-order valence-electron chi connectivity index (χ4n) is 2.20. The lowest BCUT2D eigenvalue weighted by Crippen LogP contribution is -2.28. The molecule has 7 nitrogen and oxygen atoms in total. The third kappa shape index (κ3) is 3.37. The van der Waals surface area contributed by atoms with Gasteiger partial charge in [-0.15, -0.1) is 10.2 Å². The molecule has 3 heterocycles. The van der Waals surface area contributed by atoms with Crippen LogP contribution in [0, 0.1) is 6.92 Å². The summed E-state index contributed by atoms with van der Waals surface area (Å²) in [4.78, 5) is 0. The van der Waals surface area contributed by atoms with E-state index >= 15 is 0 Å². The van der Waals surface area contributed by atoms with Crippen molar-refractivity contribution < 1.29 is 9.47 Å². The molecule has 21 heavy (non-hydrogen) atoms. The second-order valence-corrected chi connectivity index (χ2v) is 5.19. The van der Waals surface area contributed by atoms with E-state index in [1.807, 2.05) is 38.2 Å². The van der Waals surface area contributed by atoms with Crippen LogP contribution < -0.4 is 5.32 Å². The molecular weight excluding hydrogens is 270 g/mol. The van der Waals surface area contributed by atoms with Crippen molar-refractivity contribution in [1.29, 1.82) is 0 Å². The van der Waals surface area contributed by atoms with Gasteiger partial charge < -0.3 is 14.8 Å². The van der Waals surface area contributed by atoms with Gasteiger partial charge in [-0.2, -0.15) is 5.10 Å². The van der Waals surface area contributed by atoms with Gasteiger partial charge in [0.1, 0.15) is 5.82 Å². The van der Waals surface area contributed by atoms with Crippen LogP contribution in [0.15, 0.2) is 24.4 Å². The lowest BCUT2D eigenvalue weighted by Gasteiger charge is -2.22. The maximum atomic E-state index is 5.55. The number of aromatic nitrogens is 4. The molecule has 1 N–H and O–H groups in total. The van der Waals surface area contributed by atoms with E-state index in [0.717, 1.165) is 17.9 Å². The van der Waals surface area contributed by atoms with E-state index < -0.39 is 5.79 Å². The minimum absolute atomic E-state index is 0.479. The number of nitrogens with one attached hydrogen (secondary N) is 1. The van der Waals surface area contributed by atoms with Crippen LogP contribution in [0.5, 0.6) is 0 Å². The molecule has 0 spiro atoms. The van der Waals surface area contributed by atoms with Crippen molar-refractivity contribution in [3.63, 3.8) is 0 Å². The summed E-state index contributed by atoms with van der Waals surface area (Å²) < 4.78 is 12.8. The topological polar surface area (TPSA) is 74.1 Å². The zero-order valence-corrected chi connectivity index (χ0v) is 12.2. The summed E-state index contributed by atoms with van der Waals surface area (Å²) in [5.74, 6) is 0.944. The number of hydrogen-bond donors (Lipinski definition) is 1. The van der Waals surface area contributed by atoms with E-state index in [1.54, 1.807) is 4.68 Å². The molecule has 0 radical (unpaired) electrons. The van der Waals surface area contributed by atoms with Crippen molar-refractivity contribution in [2.24, 2.45) is 0 Å². The molecule has 0 atom stereocenters. The molecule has 0 amide bonds. The van der Waals surface area contributed by atoms with Gasteiger partial charge in [-0.25, -0.2) is 4.68 Å². The van der Waals surface area contributed by atoms with Crippen LogP contribution in [-0.4, -0.2) is 45.5 Å². The first-order valence-electron chi connectivity index (χ1n) is 7.03. The average molecular weight is 289 g/mol. The van der Waals surface area contributed by atoms with Crippen molar-refractivity contribution in [3.05, 3.63) is 30.1 Å². The van der Waals surface area contributed by atoms with Gasteiger partial charge in [-0.3, -0.25) is 0 Å². The fraction of sp³-hybridized carbons (Fsp3) is 0.500. The number of nitrogens with zero attached hydrogens (tertiary/aromatic N) is 4. The van der Waals surface area contributed by atoms with E-state index in [4.69, 9.17) is 9.47 Å². The summed E-state index contributed by atoms with van der Waals surface area (Å²) in [6, 6.07) is 5.69. The van der Waals surface area contributed by atoms with Crippen LogP contribution in [0.4, 0.5) is 5.82 Å². The van der Waals surface area contributed by atoms with Crippen LogP contribution in [0.25, 0.3) is 5.82 Å². The molecule has 0 saturated carbocycles. The monoisotopic (exact) mass is 289 g/mol. The number of hydrogen-bond acceptors (Lipinski definition) is 6. The molecule has 1 aliphatic rings. The molecule has 3 rings (SSSR count). The standard InChI is InChI=1S/C14H19N5O2/c1-11-5-8-19(18-11)13-4-3-12(16-17-13)15-7-6-14(2)20-9-10-21-14/h3-5,8H,6-7,9-10H2,1-2H3,(H,15,16). The predicted octanol–water partition coefficient (Wildman–Crippen LogP) is 1.54. The highest BCUT2D eigenvalue weighted by molar-refractivity contribution is 5.36. The summed E-state index contributed by atoms with van der Waals surface area (Å²) in [7, 11) is 0. The van der Waals surface area contributed by atoms with Crippen molar-refractivity contribution in [2.75, 3.05) is 25.1 Å². The third-order valence-corrected chi connectivity index (χ3v) is 3.39. The number of aryl methyl sites for hydroxylation is 1. The smallest absolute Gasteiger partial charge is 0.175 e. The fourth-order valence-corrected chi connectivity index (χ4v) is 2.20. The molecule has 0 aromatic carbocycles. The molecule has 1 aliphatic heterocycles. The quantitative estimate of drug-likeness (QED) is 0.900. The second kappa shape index (κ2) is 5.79. The molecule has 0 unspecified atom stereocenters. The first-order valence-corrected chi connectivity index (χ1v) is 7.03. The Kier molecular flexibility index (Phi) is 3.85. The first kappa shape index (κ1) is 14.0. The minimum atomic E-state index is -0.479. The Bertz CT molecular complexity index is 590. The van der Waals surface area contributed by atoms with Gasteiger partial charge in [-0.05, 0) is 32.0 Å². The zero-order valence-electron chi connectivity index (χ0n) is 12.2. The highest BCUT2D eigenvalue weighted by atomic mass is 16.7. The van der Waals surface area contributed by atoms with Crippen LogP contribution in [0.1, 0.15) is 19.0 Å².